The first-order valence-corrected chi connectivity index (χ1v) is 4.73. The zero-order valence-electron chi connectivity index (χ0n) is 5.68. The van der Waals surface area contributed by atoms with Gasteiger partial charge in [0.25, 0.3) is 0 Å². The second-order valence-corrected chi connectivity index (χ2v) is 2.92. The predicted octanol–water partition coefficient (Wildman–Crippen LogP) is 2.08. The summed E-state index contributed by atoms with van der Waals surface area (Å²) in [7, 11) is 0. The Morgan fingerprint density at radius 2 is 2.00 bits per heavy atom. The fraction of sp³-hybridized carbons (Fsp3) is 0.250. The van der Waals surface area contributed by atoms with Crippen molar-refractivity contribution in [1.82, 2.24) is 0 Å². The van der Waals surface area contributed by atoms with Crippen molar-refractivity contribution in [2.45, 2.75) is 11.0 Å². The van der Waals surface area contributed by atoms with Gasteiger partial charge < -0.3 is 5.73 Å². The van der Waals surface area contributed by atoms with Crippen molar-refractivity contribution in [3.8, 4) is 0 Å². The predicted molar refractivity (Wildman–Crippen MR) is 52.1 cm³/mol. The van der Waals surface area contributed by atoms with Gasteiger partial charge in [0.2, 0.25) is 0 Å². The lowest BCUT2D eigenvalue weighted by Crippen LogP contribution is -1.95. The van der Waals surface area contributed by atoms with Crippen molar-refractivity contribution < 1.29 is 0 Å². The van der Waals surface area contributed by atoms with Gasteiger partial charge in [-0.1, -0.05) is 46.9 Å². The van der Waals surface area contributed by atoms with Gasteiger partial charge in [-0.15, -0.1) is 0 Å². The van der Waals surface area contributed by atoms with Crippen molar-refractivity contribution in [2.75, 3.05) is 0 Å². The van der Waals surface area contributed by atoms with Crippen LogP contribution in [-0.2, 0) is 11.0 Å². The summed E-state index contributed by atoms with van der Waals surface area (Å²) in [4.78, 5) is 0. The first kappa shape index (κ1) is 8.01. The lowest BCUT2D eigenvalue weighted by molar-refractivity contribution is 1.07. The van der Waals surface area contributed by atoms with Crippen LogP contribution in [0.3, 0.4) is 0 Å². The number of halogens is 1. The molecule has 0 atom stereocenters. The van der Waals surface area contributed by atoms with E-state index >= 15 is 0 Å². The molecular formula is C8H10IN. The molecule has 2 heteroatoms. The van der Waals surface area contributed by atoms with Crippen LogP contribution < -0.4 is 5.73 Å². The summed E-state index contributed by atoms with van der Waals surface area (Å²) in [6, 6.07) is 8.37. The monoisotopic (exact) mass is 247 g/mol. The Morgan fingerprint density at radius 1 is 1.30 bits per heavy atom. The molecule has 1 rings (SSSR count). The Bertz CT molecular complexity index is 191. The molecule has 0 spiro atoms. The maximum atomic E-state index is 5.47. The third kappa shape index (κ3) is 1.95. The highest BCUT2D eigenvalue weighted by Crippen LogP contribution is 2.07. The van der Waals surface area contributed by atoms with E-state index in [4.69, 9.17) is 5.73 Å². The zero-order valence-corrected chi connectivity index (χ0v) is 7.84. The van der Waals surface area contributed by atoms with Crippen LogP contribution in [-0.4, -0.2) is 0 Å². The van der Waals surface area contributed by atoms with Gasteiger partial charge in [-0.25, -0.2) is 0 Å². The minimum Gasteiger partial charge on any atom is -0.326 e. The second-order valence-electron chi connectivity index (χ2n) is 2.16. The Hall–Kier alpha value is -0.0900. The largest absolute Gasteiger partial charge is 0.326 e. The standard InChI is InChI=1S/C8H10IN/c9-5-7-2-1-3-8(4-7)6-10/h1-4H,5-6,10H2. The van der Waals surface area contributed by atoms with Crippen LogP contribution >= 0.6 is 22.6 Å². The molecular weight excluding hydrogens is 237 g/mol. The fourth-order valence-electron chi connectivity index (χ4n) is 0.840. The molecule has 0 aliphatic heterocycles. The number of nitrogens with two attached hydrogens (primary N) is 1. The van der Waals surface area contributed by atoms with Crippen LogP contribution in [0.25, 0.3) is 0 Å². The Morgan fingerprint density at radius 3 is 2.60 bits per heavy atom. The number of rotatable bonds is 2. The van der Waals surface area contributed by atoms with E-state index in [-0.39, 0.29) is 0 Å². The smallest absolute Gasteiger partial charge is 0.0247 e. The Labute approximate surface area is 74.8 Å². The lowest BCUT2D eigenvalue weighted by Gasteiger charge is -1.97. The topological polar surface area (TPSA) is 26.0 Å². The van der Waals surface area contributed by atoms with E-state index in [0.29, 0.717) is 6.54 Å². The minimum absolute atomic E-state index is 0.643. The molecule has 0 aromatic heterocycles. The molecule has 0 radical (unpaired) electrons. The first-order chi connectivity index (χ1) is 4.86. The molecule has 0 bridgehead atoms. The quantitative estimate of drug-likeness (QED) is 0.628. The fourth-order valence-corrected chi connectivity index (χ4v) is 1.31. The Kier molecular flexibility index (Phi) is 3.15. The van der Waals surface area contributed by atoms with Gasteiger partial charge >= 0.3 is 0 Å². The van der Waals surface area contributed by atoms with Gasteiger partial charge in [-0.3, -0.25) is 0 Å². The van der Waals surface area contributed by atoms with Crippen molar-refractivity contribution in [1.29, 1.82) is 0 Å². The molecule has 0 aliphatic carbocycles. The van der Waals surface area contributed by atoms with E-state index in [2.05, 4.69) is 46.9 Å². The first-order valence-electron chi connectivity index (χ1n) is 3.20. The van der Waals surface area contributed by atoms with Gasteiger partial charge in [-0.2, -0.15) is 0 Å². The summed E-state index contributed by atoms with van der Waals surface area (Å²) < 4.78 is 1.06. The van der Waals surface area contributed by atoms with Crippen molar-refractivity contribution in [2.24, 2.45) is 5.73 Å². The molecule has 0 heterocycles. The molecule has 0 unspecified atom stereocenters. The van der Waals surface area contributed by atoms with Crippen LogP contribution in [0.15, 0.2) is 24.3 Å². The highest BCUT2D eigenvalue weighted by Gasteiger charge is 1.90. The van der Waals surface area contributed by atoms with Crippen LogP contribution in [0.5, 0.6) is 0 Å². The van der Waals surface area contributed by atoms with E-state index in [1.54, 1.807) is 0 Å². The van der Waals surface area contributed by atoms with Crippen LogP contribution in [0.4, 0.5) is 0 Å². The highest BCUT2D eigenvalue weighted by atomic mass is 127. The SMILES string of the molecule is NCc1cccc(CI)c1. The molecule has 1 aromatic carbocycles. The summed E-state index contributed by atoms with van der Waals surface area (Å²) in [5, 5.41) is 0. The van der Waals surface area contributed by atoms with Crippen LogP contribution in [0.1, 0.15) is 11.1 Å². The van der Waals surface area contributed by atoms with E-state index in [1.165, 1.54) is 11.1 Å². The molecule has 0 saturated carbocycles. The number of alkyl halides is 1. The second kappa shape index (κ2) is 3.93. The summed E-state index contributed by atoms with van der Waals surface area (Å²) in [6.07, 6.45) is 0. The summed E-state index contributed by atoms with van der Waals surface area (Å²) >= 11 is 2.35. The minimum atomic E-state index is 0.643. The number of hydrogen-bond acceptors (Lipinski definition) is 1. The maximum Gasteiger partial charge on any atom is 0.0247 e. The molecule has 2 N–H and O–H groups in total. The van der Waals surface area contributed by atoms with E-state index in [1.807, 2.05) is 0 Å². The van der Waals surface area contributed by atoms with Crippen molar-refractivity contribution >= 4 is 22.6 Å². The lowest BCUT2D eigenvalue weighted by atomic mass is 10.1. The van der Waals surface area contributed by atoms with Crippen LogP contribution in [0.2, 0.25) is 0 Å². The molecule has 54 valence electrons. The van der Waals surface area contributed by atoms with Gasteiger partial charge in [0.15, 0.2) is 0 Å². The van der Waals surface area contributed by atoms with Gasteiger partial charge in [0, 0.05) is 11.0 Å². The summed E-state index contributed by atoms with van der Waals surface area (Å²) in [6.45, 7) is 0.643. The van der Waals surface area contributed by atoms with Gasteiger partial charge in [-0.05, 0) is 11.1 Å². The molecule has 0 fully saturated rings. The number of hydrogen-bond donors (Lipinski definition) is 1. The molecule has 10 heavy (non-hydrogen) atoms. The van der Waals surface area contributed by atoms with E-state index in [9.17, 15) is 0 Å². The average molecular weight is 247 g/mol. The molecule has 0 saturated heterocycles. The Balaban J connectivity index is 2.87. The maximum absolute atomic E-state index is 5.47. The number of benzene rings is 1. The molecule has 1 nitrogen and oxygen atoms in total. The third-order valence-electron chi connectivity index (χ3n) is 1.38. The highest BCUT2D eigenvalue weighted by molar-refractivity contribution is 14.1. The summed E-state index contributed by atoms with van der Waals surface area (Å²) in [5.41, 5.74) is 8.04. The zero-order chi connectivity index (χ0) is 7.40. The van der Waals surface area contributed by atoms with Crippen molar-refractivity contribution in [3.05, 3.63) is 35.4 Å². The molecule has 1 aromatic rings. The van der Waals surface area contributed by atoms with Gasteiger partial charge in [0.1, 0.15) is 0 Å². The van der Waals surface area contributed by atoms with Gasteiger partial charge in [0.05, 0.1) is 0 Å². The molecule has 0 aliphatic rings. The van der Waals surface area contributed by atoms with E-state index in [0.717, 1.165) is 4.43 Å². The van der Waals surface area contributed by atoms with Crippen LogP contribution in [0, 0.1) is 0 Å². The van der Waals surface area contributed by atoms with E-state index < -0.39 is 0 Å². The molecule has 0 amide bonds. The summed E-state index contributed by atoms with van der Waals surface area (Å²) in [5.74, 6) is 0. The normalized spacial score (nSPS) is 9.80. The third-order valence-corrected chi connectivity index (χ3v) is 2.26. The van der Waals surface area contributed by atoms with Crippen molar-refractivity contribution in [3.63, 3.8) is 0 Å². The average Bonchev–Trinajstić information content (AvgIpc) is 2.05.